The van der Waals surface area contributed by atoms with Crippen molar-refractivity contribution in [3.05, 3.63) is 23.3 Å². The molecule has 124 valence electrons. The van der Waals surface area contributed by atoms with Crippen LogP contribution in [0.25, 0.3) is 0 Å². The van der Waals surface area contributed by atoms with Gasteiger partial charge in [-0.1, -0.05) is 6.07 Å². The molecule has 23 heavy (non-hydrogen) atoms. The molecule has 1 aromatic rings. The fraction of sp³-hybridized carbons (Fsp3) is 0.611. The second-order valence-corrected chi connectivity index (χ2v) is 6.71. The lowest BCUT2D eigenvalue weighted by atomic mass is 9.77. The number of nitrogens with one attached hydrogen (secondary N) is 1. The molecule has 4 rings (SSSR count). The van der Waals surface area contributed by atoms with Crippen molar-refractivity contribution in [2.45, 2.75) is 37.8 Å². The molecule has 1 N–H and O–H groups in total. The van der Waals surface area contributed by atoms with Gasteiger partial charge in [-0.3, -0.25) is 4.79 Å². The molecule has 0 saturated carbocycles. The Kier molecular flexibility index (Phi) is 3.68. The minimum atomic E-state index is 0.165. The van der Waals surface area contributed by atoms with E-state index in [1.807, 2.05) is 6.07 Å². The first-order chi connectivity index (χ1) is 11.2. The Morgan fingerprint density at radius 3 is 2.91 bits per heavy atom. The lowest BCUT2D eigenvalue weighted by Crippen LogP contribution is -2.57. The Hall–Kier alpha value is -1.75. The van der Waals surface area contributed by atoms with Gasteiger partial charge in [0.15, 0.2) is 11.5 Å². The summed E-state index contributed by atoms with van der Waals surface area (Å²) in [6.45, 7) is 1.81. The van der Waals surface area contributed by atoms with Gasteiger partial charge in [-0.05, 0) is 43.9 Å². The van der Waals surface area contributed by atoms with E-state index >= 15 is 0 Å². The van der Waals surface area contributed by atoms with Gasteiger partial charge in [0.25, 0.3) is 0 Å². The number of rotatable bonds is 2. The summed E-state index contributed by atoms with van der Waals surface area (Å²) in [5.74, 6) is 2.10. The Balaban J connectivity index is 1.73. The fourth-order valence-electron chi connectivity index (χ4n) is 4.60. The van der Waals surface area contributed by atoms with Crippen LogP contribution in [0.3, 0.4) is 0 Å². The van der Waals surface area contributed by atoms with Crippen LogP contribution in [0.4, 0.5) is 0 Å². The number of benzene rings is 1. The Morgan fingerprint density at radius 1 is 1.26 bits per heavy atom. The van der Waals surface area contributed by atoms with Crippen molar-refractivity contribution in [1.82, 2.24) is 10.2 Å². The van der Waals surface area contributed by atoms with Gasteiger partial charge in [-0.25, -0.2) is 0 Å². The lowest BCUT2D eigenvalue weighted by Gasteiger charge is -2.48. The van der Waals surface area contributed by atoms with E-state index in [2.05, 4.69) is 16.3 Å². The number of carbonyl (C=O) groups is 1. The SMILES string of the molecule is COc1ccc2c(c1OC)CCN1C(=O)C3CCCNC3CC21. The maximum Gasteiger partial charge on any atom is 0.227 e. The highest BCUT2D eigenvalue weighted by atomic mass is 16.5. The van der Waals surface area contributed by atoms with E-state index in [1.54, 1.807) is 14.2 Å². The third-order valence-electron chi connectivity index (χ3n) is 5.68. The molecular formula is C18H24N2O3. The van der Waals surface area contributed by atoms with Gasteiger partial charge >= 0.3 is 0 Å². The molecule has 0 aliphatic carbocycles. The van der Waals surface area contributed by atoms with Crippen LogP contribution in [0.15, 0.2) is 12.1 Å². The van der Waals surface area contributed by atoms with Crippen LogP contribution in [0, 0.1) is 5.92 Å². The Bertz CT molecular complexity index is 631. The van der Waals surface area contributed by atoms with Crippen LogP contribution >= 0.6 is 0 Å². The van der Waals surface area contributed by atoms with E-state index in [4.69, 9.17) is 9.47 Å². The van der Waals surface area contributed by atoms with Crippen molar-refractivity contribution in [3.8, 4) is 11.5 Å². The van der Waals surface area contributed by atoms with E-state index in [-0.39, 0.29) is 12.0 Å². The fourth-order valence-corrected chi connectivity index (χ4v) is 4.60. The number of fused-ring (bicyclic) bond motifs is 4. The molecule has 2 saturated heterocycles. The monoisotopic (exact) mass is 316 g/mol. The molecule has 5 nitrogen and oxygen atoms in total. The second kappa shape index (κ2) is 5.71. The predicted molar refractivity (Wildman–Crippen MR) is 86.8 cm³/mol. The first kappa shape index (κ1) is 14.8. The number of methoxy groups -OCH3 is 2. The van der Waals surface area contributed by atoms with Crippen LogP contribution in [0.2, 0.25) is 0 Å². The van der Waals surface area contributed by atoms with E-state index < -0.39 is 0 Å². The standard InChI is InChI=1S/C18H24N2O3/c1-22-16-6-5-11-12(17(16)23-2)7-9-20-15(11)10-14-13(18(20)21)4-3-8-19-14/h5-6,13-15,19H,3-4,7-10H2,1-2H3. The van der Waals surface area contributed by atoms with Gasteiger partial charge in [-0.2, -0.15) is 0 Å². The van der Waals surface area contributed by atoms with Crippen LogP contribution in [-0.2, 0) is 11.2 Å². The first-order valence-electron chi connectivity index (χ1n) is 8.52. The van der Waals surface area contributed by atoms with Gasteiger partial charge in [0.05, 0.1) is 26.2 Å². The maximum atomic E-state index is 12.9. The smallest absolute Gasteiger partial charge is 0.227 e. The van der Waals surface area contributed by atoms with E-state index in [1.165, 1.54) is 11.1 Å². The highest BCUT2D eigenvalue weighted by Crippen LogP contribution is 2.45. The summed E-state index contributed by atoms with van der Waals surface area (Å²) in [6.07, 6.45) is 3.97. The summed E-state index contributed by atoms with van der Waals surface area (Å²) in [6, 6.07) is 4.56. The Labute approximate surface area is 136 Å². The topological polar surface area (TPSA) is 50.8 Å². The quantitative estimate of drug-likeness (QED) is 0.905. The van der Waals surface area contributed by atoms with E-state index in [0.29, 0.717) is 11.9 Å². The summed E-state index contributed by atoms with van der Waals surface area (Å²) < 4.78 is 11.0. The average Bonchev–Trinajstić information content (AvgIpc) is 2.60. The third kappa shape index (κ3) is 2.21. The number of piperidine rings is 2. The highest BCUT2D eigenvalue weighted by molar-refractivity contribution is 5.82. The molecule has 3 aliphatic rings. The largest absolute Gasteiger partial charge is 0.493 e. The minimum Gasteiger partial charge on any atom is -0.493 e. The van der Waals surface area contributed by atoms with Gasteiger partial charge < -0.3 is 19.7 Å². The van der Waals surface area contributed by atoms with Crippen molar-refractivity contribution < 1.29 is 14.3 Å². The molecule has 0 radical (unpaired) electrons. The average molecular weight is 316 g/mol. The molecule has 0 bridgehead atoms. The minimum absolute atomic E-state index is 0.165. The van der Waals surface area contributed by atoms with Crippen molar-refractivity contribution in [2.24, 2.45) is 5.92 Å². The molecule has 3 unspecified atom stereocenters. The number of carbonyl (C=O) groups excluding carboxylic acids is 1. The molecule has 2 fully saturated rings. The Morgan fingerprint density at radius 2 is 2.13 bits per heavy atom. The van der Waals surface area contributed by atoms with Crippen LogP contribution < -0.4 is 14.8 Å². The van der Waals surface area contributed by atoms with Crippen LogP contribution in [0.5, 0.6) is 11.5 Å². The second-order valence-electron chi connectivity index (χ2n) is 6.71. The zero-order valence-electron chi connectivity index (χ0n) is 13.8. The number of hydrogen-bond donors (Lipinski definition) is 1. The van der Waals surface area contributed by atoms with Crippen LogP contribution in [0.1, 0.15) is 36.4 Å². The molecule has 5 heteroatoms. The first-order valence-corrected chi connectivity index (χ1v) is 8.52. The zero-order valence-corrected chi connectivity index (χ0v) is 13.8. The van der Waals surface area contributed by atoms with Gasteiger partial charge in [0.2, 0.25) is 5.91 Å². The van der Waals surface area contributed by atoms with Gasteiger partial charge in [-0.15, -0.1) is 0 Å². The predicted octanol–water partition coefficient (Wildman–Crippen LogP) is 1.90. The van der Waals surface area contributed by atoms with Gasteiger partial charge in [0, 0.05) is 18.2 Å². The molecular weight excluding hydrogens is 292 g/mol. The third-order valence-corrected chi connectivity index (χ3v) is 5.68. The normalized spacial score (nSPS) is 29.4. The number of ether oxygens (including phenoxy) is 2. The molecule has 0 spiro atoms. The number of hydrogen-bond acceptors (Lipinski definition) is 4. The lowest BCUT2D eigenvalue weighted by molar-refractivity contribution is -0.145. The molecule has 3 heterocycles. The molecule has 3 atom stereocenters. The maximum absolute atomic E-state index is 12.9. The van der Waals surface area contributed by atoms with Crippen molar-refractivity contribution in [1.29, 1.82) is 0 Å². The molecule has 1 amide bonds. The van der Waals surface area contributed by atoms with Crippen molar-refractivity contribution >= 4 is 5.91 Å². The summed E-state index contributed by atoms with van der Waals surface area (Å²) >= 11 is 0. The summed E-state index contributed by atoms with van der Waals surface area (Å²) in [7, 11) is 3.36. The van der Waals surface area contributed by atoms with E-state index in [9.17, 15) is 4.79 Å². The van der Waals surface area contributed by atoms with Crippen LogP contribution in [-0.4, -0.2) is 44.2 Å². The highest BCUT2D eigenvalue weighted by Gasteiger charge is 2.45. The zero-order chi connectivity index (χ0) is 16.0. The van der Waals surface area contributed by atoms with E-state index in [0.717, 1.165) is 50.3 Å². The number of nitrogens with zero attached hydrogens (tertiary/aromatic N) is 1. The van der Waals surface area contributed by atoms with Crippen molar-refractivity contribution in [2.75, 3.05) is 27.3 Å². The molecule has 3 aliphatic heterocycles. The summed E-state index contributed by atoms with van der Waals surface area (Å²) in [4.78, 5) is 15.0. The number of amides is 1. The molecule has 1 aromatic carbocycles. The van der Waals surface area contributed by atoms with Gasteiger partial charge in [0.1, 0.15) is 0 Å². The molecule has 0 aromatic heterocycles. The summed E-state index contributed by atoms with van der Waals surface area (Å²) in [5.41, 5.74) is 2.43. The van der Waals surface area contributed by atoms with Crippen molar-refractivity contribution in [3.63, 3.8) is 0 Å². The summed E-state index contributed by atoms with van der Waals surface area (Å²) in [5, 5.41) is 3.56.